The monoisotopic (exact) mass is 831 g/mol. The van der Waals surface area contributed by atoms with E-state index in [1.165, 1.54) is 0 Å². The van der Waals surface area contributed by atoms with Gasteiger partial charge in [-0.15, -0.1) is 0 Å². The Kier molecular flexibility index (Phi) is 11.1. The fourth-order valence-corrected chi connectivity index (χ4v) is 9.71. The summed E-state index contributed by atoms with van der Waals surface area (Å²) < 4.78 is 13.3. The third kappa shape index (κ3) is 7.90. The number of ether oxygens (including phenoxy) is 2. The van der Waals surface area contributed by atoms with Crippen molar-refractivity contribution in [1.29, 1.82) is 0 Å². The molecule has 61 heavy (non-hydrogen) atoms. The molecule has 1 aliphatic carbocycles. The lowest BCUT2D eigenvalue weighted by Crippen LogP contribution is -2.54. The molecule has 15 nitrogen and oxygen atoms in total. The molecule has 1 saturated carbocycles. The van der Waals surface area contributed by atoms with Gasteiger partial charge in [0.2, 0.25) is 11.8 Å². The SMILES string of the molecule is CCOC1CC1c1cc2c(-c3cc(O)c(CN4CCN(CCC5CCN(c6ccc7c(c6)C(=O)N(C6CCC(=O)NC6=O)C7=O)CC5)CC4)c(OC)c3)cn(C)c(=O)c2cn1. The number of fused-ring (bicyclic) bond motifs is 2. The molecule has 0 bridgehead atoms. The summed E-state index contributed by atoms with van der Waals surface area (Å²) in [5.74, 6) is -0.409. The maximum Gasteiger partial charge on any atom is 0.262 e. The lowest BCUT2D eigenvalue weighted by Gasteiger charge is -2.37. The minimum atomic E-state index is -0.974. The second kappa shape index (κ2) is 16.7. The smallest absolute Gasteiger partial charge is 0.262 e. The summed E-state index contributed by atoms with van der Waals surface area (Å²) in [5.41, 5.74) is 4.62. The van der Waals surface area contributed by atoms with E-state index in [4.69, 9.17) is 9.47 Å². The summed E-state index contributed by atoms with van der Waals surface area (Å²) in [6.45, 7) is 9.53. The molecule has 5 aliphatic rings. The number of carbonyl (C=O) groups is 4. The van der Waals surface area contributed by atoms with E-state index in [0.29, 0.717) is 41.3 Å². The van der Waals surface area contributed by atoms with E-state index >= 15 is 0 Å². The summed E-state index contributed by atoms with van der Waals surface area (Å²) >= 11 is 0. The highest BCUT2D eigenvalue weighted by molar-refractivity contribution is 6.23. The lowest BCUT2D eigenvalue weighted by atomic mass is 9.92. The highest BCUT2D eigenvalue weighted by atomic mass is 16.5. The number of methoxy groups -OCH3 is 1. The first kappa shape index (κ1) is 40.7. The van der Waals surface area contributed by atoms with Crippen molar-refractivity contribution < 1.29 is 33.8 Å². The Labute approximate surface area is 354 Å². The van der Waals surface area contributed by atoms with Crippen LogP contribution in [0.15, 0.2) is 53.6 Å². The van der Waals surface area contributed by atoms with Crippen molar-refractivity contribution >= 4 is 40.1 Å². The van der Waals surface area contributed by atoms with Gasteiger partial charge in [0.1, 0.15) is 17.5 Å². The van der Waals surface area contributed by atoms with E-state index in [1.54, 1.807) is 43.1 Å². The van der Waals surface area contributed by atoms with Gasteiger partial charge < -0.3 is 28.9 Å². The Morgan fingerprint density at radius 3 is 2.36 bits per heavy atom. The Morgan fingerprint density at radius 1 is 0.869 bits per heavy atom. The number of aryl methyl sites for hydroxylation is 1. The highest BCUT2D eigenvalue weighted by Gasteiger charge is 2.45. The van der Waals surface area contributed by atoms with Gasteiger partial charge in [-0.3, -0.25) is 44.1 Å². The molecule has 2 aromatic carbocycles. The summed E-state index contributed by atoms with van der Waals surface area (Å²) in [6.07, 6.45) is 7.95. The number of piperidine rings is 2. The quantitative estimate of drug-likeness (QED) is 0.197. The molecule has 4 fully saturated rings. The predicted octanol–water partition coefficient (Wildman–Crippen LogP) is 4.03. The molecular weight excluding hydrogens is 779 g/mol. The Hall–Kier alpha value is -5.64. The van der Waals surface area contributed by atoms with E-state index in [1.807, 2.05) is 31.3 Å². The second-order valence-corrected chi connectivity index (χ2v) is 17.1. The van der Waals surface area contributed by atoms with Gasteiger partial charge in [0.05, 0.1) is 29.7 Å². The standard InChI is InChI=1S/C46H53N7O8/c1-4-61-41-23-33(41)37-22-31-34(24-47-37)44(57)49(2)25-35(31)28-19-39(54)36(40(20-28)60-3)26-51-17-15-50(16-18-51)12-9-27-10-13-52(14-11-27)29-5-6-30-32(21-29)46(59)53(45(30)58)38-7-8-42(55)48-43(38)56/h5-6,19-22,24-25,27,33,38,41,54H,4,7-18,23,26H2,1-3H3,(H,48,55,56). The number of carbonyl (C=O) groups excluding carboxylic acids is 4. The van der Waals surface area contributed by atoms with E-state index in [-0.39, 0.29) is 36.2 Å². The second-order valence-electron chi connectivity index (χ2n) is 17.1. The first-order valence-corrected chi connectivity index (χ1v) is 21.6. The Bertz CT molecular complexity index is 2470. The van der Waals surface area contributed by atoms with Crippen LogP contribution >= 0.6 is 0 Å². The van der Waals surface area contributed by atoms with Crippen molar-refractivity contribution in [3.8, 4) is 22.6 Å². The van der Waals surface area contributed by atoms with E-state index in [2.05, 4.69) is 25.0 Å². The van der Waals surface area contributed by atoms with Gasteiger partial charge in [0.15, 0.2) is 0 Å². The van der Waals surface area contributed by atoms with Gasteiger partial charge in [-0.1, -0.05) is 0 Å². The number of aromatic hydroxyl groups is 1. The number of imide groups is 2. The minimum absolute atomic E-state index is 0.0911. The molecule has 15 heteroatoms. The number of phenolic OH excluding ortho intramolecular Hbond substituents is 1. The molecule has 6 heterocycles. The van der Waals surface area contributed by atoms with Gasteiger partial charge >= 0.3 is 0 Å². The van der Waals surface area contributed by atoms with Crippen molar-refractivity contribution in [1.82, 2.24) is 29.6 Å². The average molecular weight is 832 g/mol. The van der Waals surface area contributed by atoms with Crippen molar-refractivity contribution in [3.05, 3.63) is 81.5 Å². The number of amides is 4. The van der Waals surface area contributed by atoms with E-state index < -0.39 is 29.7 Å². The topological polar surface area (TPSA) is 167 Å². The molecule has 320 valence electrons. The van der Waals surface area contributed by atoms with Crippen molar-refractivity contribution in [2.75, 3.05) is 64.4 Å². The zero-order valence-corrected chi connectivity index (χ0v) is 35.0. The van der Waals surface area contributed by atoms with Gasteiger partial charge in [-0.2, -0.15) is 0 Å². The zero-order chi connectivity index (χ0) is 42.5. The van der Waals surface area contributed by atoms with E-state index in [0.717, 1.165) is 110 Å². The number of rotatable bonds is 12. The number of hydrogen-bond donors (Lipinski definition) is 2. The highest BCUT2D eigenvalue weighted by Crippen LogP contribution is 2.44. The van der Waals surface area contributed by atoms with Gasteiger partial charge in [-0.05, 0) is 98.8 Å². The maximum atomic E-state index is 13.4. The number of anilines is 1. The van der Waals surface area contributed by atoms with Crippen molar-refractivity contribution in [2.45, 2.75) is 70.1 Å². The van der Waals surface area contributed by atoms with Crippen LogP contribution in [0.2, 0.25) is 0 Å². The Balaban J connectivity index is 0.778. The number of aromatic nitrogens is 2. The van der Waals surface area contributed by atoms with Crippen LogP contribution in [0.4, 0.5) is 5.69 Å². The number of pyridine rings is 2. The van der Waals surface area contributed by atoms with Crippen LogP contribution in [-0.2, 0) is 27.9 Å². The molecule has 3 unspecified atom stereocenters. The number of piperazine rings is 1. The fourth-order valence-electron chi connectivity index (χ4n) is 9.71. The van der Waals surface area contributed by atoms with E-state index in [9.17, 15) is 29.1 Å². The van der Waals surface area contributed by atoms with Crippen LogP contribution in [0.25, 0.3) is 21.9 Å². The van der Waals surface area contributed by atoms with Gasteiger partial charge in [-0.25, -0.2) is 0 Å². The molecule has 3 saturated heterocycles. The van der Waals surface area contributed by atoms with Crippen LogP contribution < -0.4 is 20.5 Å². The van der Waals surface area contributed by atoms with Crippen LogP contribution in [0, 0.1) is 5.92 Å². The molecule has 0 spiro atoms. The first-order valence-electron chi connectivity index (χ1n) is 21.6. The maximum absolute atomic E-state index is 13.4. The number of nitrogens with one attached hydrogen (secondary N) is 1. The Morgan fingerprint density at radius 2 is 1.62 bits per heavy atom. The summed E-state index contributed by atoms with van der Waals surface area (Å²) in [5, 5.41) is 15.0. The van der Waals surface area contributed by atoms with Crippen LogP contribution in [0.5, 0.6) is 11.5 Å². The molecule has 4 amide bonds. The summed E-state index contributed by atoms with van der Waals surface area (Å²) in [6, 6.07) is 10.1. The van der Waals surface area contributed by atoms with Crippen molar-refractivity contribution in [3.63, 3.8) is 0 Å². The summed E-state index contributed by atoms with van der Waals surface area (Å²) in [7, 11) is 3.36. The molecule has 4 aliphatic heterocycles. The molecular formula is C46H53N7O8. The van der Waals surface area contributed by atoms with Crippen LogP contribution in [-0.4, -0.2) is 125 Å². The predicted molar refractivity (Wildman–Crippen MR) is 228 cm³/mol. The van der Waals surface area contributed by atoms with Gasteiger partial charge in [0.25, 0.3) is 17.4 Å². The van der Waals surface area contributed by atoms with Crippen LogP contribution in [0.1, 0.15) is 83.3 Å². The van der Waals surface area contributed by atoms with Crippen molar-refractivity contribution in [2.24, 2.45) is 13.0 Å². The third-order valence-corrected chi connectivity index (χ3v) is 13.4. The first-order chi connectivity index (χ1) is 29.5. The largest absolute Gasteiger partial charge is 0.507 e. The number of phenols is 1. The van der Waals surface area contributed by atoms with Crippen LogP contribution in [0.3, 0.4) is 0 Å². The number of hydrogen-bond acceptors (Lipinski definition) is 12. The molecule has 2 N–H and O–H groups in total. The zero-order valence-electron chi connectivity index (χ0n) is 35.0. The third-order valence-electron chi connectivity index (χ3n) is 13.4. The summed E-state index contributed by atoms with van der Waals surface area (Å²) in [4.78, 5) is 76.5. The number of nitrogens with zero attached hydrogens (tertiary/aromatic N) is 6. The normalized spacial score (nSPS) is 22.6. The molecule has 0 radical (unpaired) electrons. The average Bonchev–Trinajstić information content (AvgIpc) is 4.00. The minimum Gasteiger partial charge on any atom is -0.507 e. The van der Waals surface area contributed by atoms with Gasteiger partial charge in [0, 0.05) is 107 Å². The molecule has 3 atom stereocenters. The molecule has 2 aromatic heterocycles. The lowest BCUT2D eigenvalue weighted by molar-refractivity contribution is -0.136. The fraction of sp³-hybridized carbons (Fsp3) is 0.478. The molecule has 4 aromatic rings. The molecule has 9 rings (SSSR count). The number of benzene rings is 2.